The summed E-state index contributed by atoms with van der Waals surface area (Å²) in [5, 5.41) is 9.34. The van der Waals surface area contributed by atoms with Crippen LogP contribution in [-0.4, -0.2) is 28.2 Å². The maximum absolute atomic E-state index is 12.9. The Hall–Kier alpha value is -2.17. The number of fused-ring (bicyclic) bond motifs is 2. The molecule has 0 spiro atoms. The summed E-state index contributed by atoms with van der Waals surface area (Å²) < 4.78 is 6.14. The highest BCUT2D eigenvalue weighted by molar-refractivity contribution is 6.50. The number of ether oxygens (including phenoxy) is 1. The molecular weight excluding hydrogens is 320 g/mol. The lowest BCUT2D eigenvalue weighted by atomic mass is 9.64. The monoisotopic (exact) mass is 344 g/mol. The summed E-state index contributed by atoms with van der Waals surface area (Å²) in [6.07, 6.45) is 4.18. The van der Waals surface area contributed by atoms with Crippen LogP contribution in [0.4, 0.5) is 0 Å². The first-order valence-electron chi connectivity index (χ1n) is 8.60. The van der Waals surface area contributed by atoms with Crippen LogP contribution in [0.15, 0.2) is 34.6 Å². The van der Waals surface area contributed by atoms with Gasteiger partial charge in [-0.05, 0) is 38.2 Å². The molecule has 5 nitrogen and oxygen atoms in total. The van der Waals surface area contributed by atoms with E-state index < -0.39 is 28.6 Å². The molecule has 0 unspecified atom stereocenters. The third-order valence-corrected chi connectivity index (χ3v) is 5.50. The summed E-state index contributed by atoms with van der Waals surface area (Å²) in [4.78, 5) is 36.9. The van der Waals surface area contributed by atoms with E-state index in [0.717, 1.165) is 0 Å². The first kappa shape index (κ1) is 17.6. The summed E-state index contributed by atoms with van der Waals surface area (Å²) in [7, 11) is 0. The van der Waals surface area contributed by atoms with Crippen LogP contribution >= 0.6 is 0 Å². The molecule has 2 atom stereocenters. The Bertz CT molecular complexity index is 770. The highest BCUT2D eigenvalue weighted by Crippen LogP contribution is 2.50. The van der Waals surface area contributed by atoms with Crippen molar-refractivity contribution >= 4 is 17.5 Å². The molecule has 0 amide bonds. The molecule has 25 heavy (non-hydrogen) atoms. The van der Waals surface area contributed by atoms with Gasteiger partial charge in [0.25, 0.3) is 0 Å². The molecule has 0 saturated heterocycles. The molecule has 0 radical (unpaired) electrons. The molecule has 1 heterocycles. The van der Waals surface area contributed by atoms with E-state index in [9.17, 15) is 19.5 Å². The van der Waals surface area contributed by atoms with Crippen LogP contribution in [0, 0.1) is 17.3 Å². The minimum atomic E-state index is -0.967. The SMILES string of the molecule is CC(C)(C)C1=CC2=C(C(=O)C1=O)[C@@H]1CC(C(=O)O)=CC[C@H]1C(C)(C)O2. The molecule has 3 aliphatic rings. The summed E-state index contributed by atoms with van der Waals surface area (Å²) in [5.41, 5.74) is 0.0968. The number of Topliss-reactive ketones (excluding diaryl/α,β-unsaturated/α-hetero) is 2. The van der Waals surface area contributed by atoms with Crippen molar-refractivity contribution in [1.82, 2.24) is 0 Å². The lowest BCUT2D eigenvalue weighted by molar-refractivity contribution is -0.136. The molecule has 134 valence electrons. The second kappa shape index (κ2) is 5.41. The number of hydrogen-bond donors (Lipinski definition) is 1. The van der Waals surface area contributed by atoms with Gasteiger partial charge < -0.3 is 9.84 Å². The van der Waals surface area contributed by atoms with Crippen molar-refractivity contribution in [3.05, 3.63) is 34.6 Å². The van der Waals surface area contributed by atoms with Crippen LogP contribution in [0.3, 0.4) is 0 Å². The predicted octanol–water partition coefficient (Wildman–Crippen LogP) is 3.21. The molecule has 3 rings (SSSR count). The van der Waals surface area contributed by atoms with Crippen molar-refractivity contribution in [2.75, 3.05) is 0 Å². The Morgan fingerprint density at radius 2 is 1.88 bits per heavy atom. The number of carbonyl (C=O) groups is 3. The number of carboxylic acids is 1. The normalized spacial score (nSPS) is 28.5. The number of hydrogen-bond acceptors (Lipinski definition) is 4. The smallest absolute Gasteiger partial charge is 0.331 e. The van der Waals surface area contributed by atoms with E-state index in [4.69, 9.17) is 4.74 Å². The van der Waals surface area contributed by atoms with E-state index in [1.807, 2.05) is 34.6 Å². The van der Waals surface area contributed by atoms with Gasteiger partial charge in [0.1, 0.15) is 11.4 Å². The van der Waals surface area contributed by atoms with Crippen molar-refractivity contribution in [2.45, 2.75) is 53.1 Å². The molecular formula is C20H24O5. The van der Waals surface area contributed by atoms with Crippen molar-refractivity contribution in [2.24, 2.45) is 17.3 Å². The fourth-order valence-electron chi connectivity index (χ4n) is 4.12. The van der Waals surface area contributed by atoms with Gasteiger partial charge in [0.15, 0.2) is 0 Å². The standard InChI is InChI=1S/C20H24O5/c1-19(2,3)13-9-14-15(17(22)16(13)21)11-8-10(18(23)24)6-7-12(11)20(4,5)25-14/h6,9,11-12H,7-8H2,1-5H3,(H,23,24)/t11-,12-/m1/s1. The highest BCUT2D eigenvalue weighted by Gasteiger charge is 2.51. The van der Waals surface area contributed by atoms with Crippen LogP contribution in [0.25, 0.3) is 0 Å². The van der Waals surface area contributed by atoms with Gasteiger partial charge in [0.2, 0.25) is 11.6 Å². The summed E-state index contributed by atoms with van der Waals surface area (Å²) >= 11 is 0. The number of aliphatic carboxylic acids is 1. The van der Waals surface area contributed by atoms with Crippen molar-refractivity contribution in [3.63, 3.8) is 0 Å². The Kier molecular flexibility index (Phi) is 3.82. The van der Waals surface area contributed by atoms with E-state index in [1.54, 1.807) is 12.2 Å². The zero-order valence-corrected chi connectivity index (χ0v) is 15.3. The molecule has 5 heteroatoms. The fourth-order valence-corrected chi connectivity index (χ4v) is 4.12. The van der Waals surface area contributed by atoms with E-state index in [-0.39, 0.29) is 18.3 Å². The summed E-state index contributed by atoms with van der Waals surface area (Å²) in [6, 6.07) is 0. The zero-order valence-electron chi connectivity index (χ0n) is 15.3. The number of carboxylic acid groups (broad SMARTS) is 1. The third-order valence-electron chi connectivity index (χ3n) is 5.50. The van der Waals surface area contributed by atoms with Crippen molar-refractivity contribution < 1.29 is 24.2 Å². The van der Waals surface area contributed by atoms with Crippen molar-refractivity contribution in [3.8, 4) is 0 Å². The number of allylic oxidation sites excluding steroid dienone is 4. The first-order valence-corrected chi connectivity index (χ1v) is 8.60. The highest BCUT2D eigenvalue weighted by atomic mass is 16.5. The maximum Gasteiger partial charge on any atom is 0.331 e. The first-order chi connectivity index (χ1) is 11.4. The number of rotatable bonds is 1. The van der Waals surface area contributed by atoms with E-state index in [0.29, 0.717) is 28.9 Å². The Labute approximate surface area is 147 Å². The molecule has 0 aromatic heterocycles. The average molecular weight is 344 g/mol. The van der Waals surface area contributed by atoms with Gasteiger partial charge in [0.05, 0.1) is 0 Å². The van der Waals surface area contributed by atoms with Crippen LogP contribution < -0.4 is 0 Å². The van der Waals surface area contributed by atoms with Crippen molar-refractivity contribution in [1.29, 1.82) is 0 Å². The van der Waals surface area contributed by atoms with Crippen LogP contribution in [0.5, 0.6) is 0 Å². The van der Waals surface area contributed by atoms with Gasteiger partial charge in [-0.15, -0.1) is 0 Å². The van der Waals surface area contributed by atoms with Crippen LogP contribution in [0.2, 0.25) is 0 Å². The average Bonchev–Trinajstić information content (AvgIpc) is 2.48. The lowest BCUT2D eigenvalue weighted by Gasteiger charge is -2.47. The van der Waals surface area contributed by atoms with Gasteiger partial charge in [0, 0.05) is 28.6 Å². The Morgan fingerprint density at radius 1 is 1.24 bits per heavy atom. The zero-order chi connectivity index (χ0) is 18.7. The molecule has 0 bridgehead atoms. The molecule has 2 aliphatic carbocycles. The second-order valence-electron chi connectivity index (χ2n) is 8.64. The molecule has 1 aliphatic heterocycles. The fraction of sp³-hybridized carbons (Fsp3) is 0.550. The molecule has 0 saturated carbocycles. The minimum Gasteiger partial charge on any atom is -0.487 e. The second-order valence-corrected chi connectivity index (χ2v) is 8.64. The molecule has 0 aromatic carbocycles. The molecule has 0 aromatic rings. The minimum absolute atomic E-state index is 0.0318. The lowest BCUT2D eigenvalue weighted by Crippen LogP contribution is -2.48. The van der Waals surface area contributed by atoms with Crippen LogP contribution in [0.1, 0.15) is 47.5 Å². The van der Waals surface area contributed by atoms with E-state index in [1.165, 1.54) is 0 Å². The number of carbonyl (C=O) groups excluding carboxylic acids is 2. The van der Waals surface area contributed by atoms with Crippen LogP contribution in [-0.2, 0) is 19.1 Å². The van der Waals surface area contributed by atoms with Gasteiger partial charge in [-0.3, -0.25) is 9.59 Å². The quantitative estimate of drug-likeness (QED) is 0.583. The van der Waals surface area contributed by atoms with E-state index in [2.05, 4.69) is 0 Å². The Morgan fingerprint density at radius 3 is 2.44 bits per heavy atom. The topological polar surface area (TPSA) is 80.7 Å². The van der Waals surface area contributed by atoms with Gasteiger partial charge in [-0.25, -0.2) is 4.79 Å². The number of ketones is 2. The molecule has 0 fully saturated rings. The third kappa shape index (κ3) is 2.75. The Balaban J connectivity index is 2.15. The molecule has 1 N–H and O–H groups in total. The summed E-state index contributed by atoms with van der Waals surface area (Å²) in [6.45, 7) is 9.58. The maximum atomic E-state index is 12.9. The summed E-state index contributed by atoms with van der Waals surface area (Å²) in [5.74, 6) is -1.91. The largest absolute Gasteiger partial charge is 0.487 e. The predicted molar refractivity (Wildman–Crippen MR) is 91.7 cm³/mol. The van der Waals surface area contributed by atoms with Gasteiger partial charge >= 0.3 is 5.97 Å². The van der Waals surface area contributed by atoms with E-state index >= 15 is 0 Å². The van der Waals surface area contributed by atoms with Gasteiger partial charge in [-0.2, -0.15) is 0 Å². The van der Waals surface area contributed by atoms with Gasteiger partial charge in [-0.1, -0.05) is 26.8 Å².